The van der Waals surface area contributed by atoms with Crippen molar-refractivity contribution in [1.29, 1.82) is 0 Å². The van der Waals surface area contributed by atoms with Crippen LogP contribution >= 0.6 is 12.4 Å². The largest absolute Gasteiger partial charge is 0.390 e. The lowest BCUT2D eigenvalue weighted by Gasteiger charge is -2.10. The van der Waals surface area contributed by atoms with E-state index in [9.17, 15) is 0 Å². The highest BCUT2D eigenvalue weighted by atomic mass is 35.5. The summed E-state index contributed by atoms with van der Waals surface area (Å²) in [7, 11) is 0. The predicted octanol–water partition coefficient (Wildman–Crippen LogP) is 1.92. The average Bonchev–Trinajstić information content (AvgIpc) is 1.90. The standard InChI is InChI=1S/C7H9NO.ClH/c1-6(2)7-4-3-5-9-8-7;/h3-5,8H,1H2,2H3;1H. The number of hydrogen-bond acceptors (Lipinski definition) is 2. The second kappa shape index (κ2) is 4.01. The van der Waals surface area contributed by atoms with E-state index in [1.807, 2.05) is 19.1 Å². The third-order valence-electron chi connectivity index (χ3n) is 1.04. The van der Waals surface area contributed by atoms with Gasteiger partial charge in [0, 0.05) is 0 Å². The van der Waals surface area contributed by atoms with Crippen molar-refractivity contribution in [2.24, 2.45) is 0 Å². The van der Waals surface area contributed by atoms with Gasteiger partial charge in [-0.2, -0.15) is 0 Å². The monoisotopic (exact) mass is 159 g/mol. The van der Waals surface area contributed by atoms with Gasteiger partial charge in [-0.15, -0.1) is 12.4 Å². The van der Waals surface area contributed by atoms with Gasteiger partial charge in [0.05, 0.1) is 5.70 Å². The fourth-order valence-electron chi connectivity index (χ4n) is 0.536. The van der Waals surface area contributed by atoms with Gasteiger partial charge >= 0.3 is 0 Å². The normalized spacial score (nSPS) is 13.9. The van der Waals surface area contributed by atoms with Crippen LogP contribution in [0.5, 0.6) is 0 Å². The van der Waals surface area contributed by atoms with Gasteiger partial charge < -0.3 is 4.84 Å². The number of halogens is 1. The molecule has 0 radical (unpaired) electrons. The Balaban J connectivity index is 0.000000810. The van der Waals surface area contributed by atoms with Crippen LogP contribution in [0.25, 0.3) is 0 Å². The molecule has 1 aliphatic rings. The molecule has 0 fully saturated rings. The lowest BCUT2D eigenvalue weighted by Crippen LogP contribution is -2.13. The van der Waals surface area contributed by atoms with Crippen LogP contribution in [0, 0.1) is 0 Å². The Kier molecular flexibility index (Phi) is 3.65. The number of hydrogen-bond donors (Lipinski definition) is 1. The highest BCUT2D eigenvalue weighted by Gasteiger charge is 1.96. The van der Waals surface area contributed by atoms with Gasteiger partial charge in [0.1, 0.15) is 6.26 Å². The van der Waals surface area contributed by atoms with Crippen molar-refractivity contribution in [3.8, 4) is 0 Å². The zero-order valence-corrected chi connectivity index (χ0v) is 6.57. The minimum absolute atomic E-state index is 0. The summed E-state index contributed by atoms with van der Waals surface area (Å²) in [5, 5.41) is 0. The molecule has 0 bridgehead atoms. The third kappa shape index (κ3) is 2.15. The molecule has 0 saturated heterocycles. The minimum atomic E-state index is 0. The summed E-state index contributed by atoms with van der Waals surface area (Å²) >= 11 is 0. The fourth-order valence-corrected chi connectivity index (χ4v) is 0.536. The van der Waals surface area contributed by atoms with Crippen molar-refractivity contribution in [3.63, 3.8) is 0 Å². The SMILES string of the molecule is C=C(C)C1=CC=CON1.Cl. The zero-order chi connectivity index (χ0) is 6.69. The molecule has 0 atom stereocenters. The first-order valence-corrected chi connectivity index (χ1v) is 2.75. The molecule has 0 unspecified atom stereocenters. The lowest BCUT2D eigenvalue weighted by atomic mass is 10.2. The van der Waals surface area contributed by atoms with E-state index in [0.29, 0.717) is 0 Å². The smallest absolute Gasteiger partial charge is 0.119 e. The summed E-state index contributed by atoms with van der Waals surface area (Å²) in [5.74, 6) is 0. The number of rotatable bonds is 1. The van der Waals surface area contributed by atoms with Crippen molar-refractivity contribution in [3.05, 3.63) is 36.3 Å². The van der Waals surface area contributed by atoms with Gasteiger partial charge in [-0.1, -0.05) is 6.58 Å². The summed E-state index contributed by atoms with van der Waals surface area (Å²) < 4.78 is 0. The van der Waals surface area contributed by atoms with E-state index < -0.39 is 0 Å². The van der Waals surface area contributed by atoms with E-state index in [1.165, 1.54) is 0 Å². The van der Waals surface area contributed by atoms with Crippen LogP contribution in [-0.2, 0) is 4.84 Å². The summed E-state index contributed by atoms with van der Waals surface area (Å²) in [6, 6.07) is 0. The van der Waals surface area contributed by atoms with Gasteiger partial charge in [0.2, 0.25) is 0 Å². The highest BCUT2D eigenvalue weighted by molar-refractivity contribution is 5.85. The van der Waals surface area contributed by atoms with Crippen LogP contribution in [0.2, 0.25) is 0 Å². The topological polar surface area (TPSA) is 21.3 Å². The first kappa shape index (κ1) is 9.11. The maximum atomic E-state index is 4.78. The van der Waals surface area contributed by atoms with E-state index in [-0.39, 0.29) is 12.4 Å². The molecule has 0 spiro atoms. The molecule has 0 amide bonds. The third-order valence-corrected chi connectivity index (χ3v) is 1.04. The van der Waals surface area contributed by atoms with Crippen molar-refractivity contribution in [1.82, 2.24) is 5.48 Å². The fraction of sp³-hybridized carbons (Fsp3) is 0.143. The molecule has 0 aromatic rings. The van der Waals surface area contributed by atoms with Crippen LogP contribution in [0.3, 0.4) is 0 Å². The average molecular weight is 160 g/mol. The lowest BCUT2D eigenvalue weighted by molar-refractivity contribution is 0.162. The highest BCUT2D eigenvalue weighted by Crippen LogP contribution is 2.05. The maximum Gasteiger partial charge on any atom is 0.119 e. The number of hydroxylamine groups is 1. The Bertz CT molecular complexity index is 184. The van der Waals surface area contributed by atoms with Crippen LogP contribution in [0.4, 0.5) is 0 Å². The van der Waals surface area contributed by atoms with Gasteiger partial charge in [0.15, 0.2) is 0 Å². The molecule has 0 saturated carbocycles. The summed E-state index contributed by atoms with van der Waals surface area (Å²) in [6.45, 7) is 5.65. The van der Waals surface area contributed by atoms with Crippen LogP contribution < -0.4 is 5.48 Å². The van der Waals surface area contributed by atoms with E-state index in [4.69, 9.17) is 4.84 Å². The van der Waals surface area contributed by atoms with Crippen LogP contribution in [0.1, 0.15) is 6.92 Å². The Morgan fingerprint density at radius 1 is 1.70 bits per heavy atom. The maximum absolute atomic E-state index is 4.78. The van der Waals surface area contributed by atoms with Crippen molar-refractivity contribution >= 4 is 12.4 Å². The first-order chi connectivity index (χ1) is 4.30. The Hall–Kier alpha value is -0.890. The first-order valence-electron chi connectivity index (χ1n) is 2.75. The molecular weight excluding hydrogens is 150 g/mol. The molecule has 2 nitrogen and oxygen atoms in total. The van der Waals surface area contributed by atoms with Gasteiger partial charge in [-0.05, 0) is 24.6 Å². The Morgan fingerprint density at radius 2 is 2.40 bits per heavy atom. The number of nitrogens with one attached hydrogen (secondary N) is 1. The van der Waals surface area contributed by atoms with Gasteiger partial charge in [-0.3, -0.25) is 0 Å². The van der Waals surface area contributed by atoms with E-state index in [1.54, 1.807) is 6.26 Å². The molecule has 1 aliphatic heterocycles. The van der Waals surface area contributed by atoms with E-state index in [0.717, 1.165) is 11.3 Å². The van der Waals surface area contributed by atoms with Crippen LogP contribution in [-0.4, -0.2) is 0 Å². The van der Waals surface area contributed by atoms with Crippen molar-refractivity contribution < 1.29 is 4.84 Å². The van der Waals surface area contributed by atoms with E-state index in [2.05, 4.69) is 12.1 Å². The molecule has 0 aliphatic carbocycles. The number of allylic oxidation sites excluding steroid dienone is 3. The van der Waals surface area contributed by atoms with Crippen LogP contribution in [0.15, 0.2) is 36.3 Å². The summed E-state index contributed by atoms with van der Waals surface area (Å²) in [6.07, 6.45) is 5.30. The Labute approximate surface area is 66.6 Å². The molecule has 1 N–H and O–H groups in total. The molecule has 1 rings (SSSR count). The Morgan fingerprint density at radius 3 is 2.70 bits per heavy atom. The second-order valence-electron chi connectivity index (χ2n) is 1.91. The second-order valence-corrected chi connectivity index (χ2v) is 1.91. The minimum Gasteiger partial charge on any atom is -0.390 e. The summed E-state index contributed by atoms with van der Waals surface area (Å²) in [5.41, 5.74) is 4.59. The van der Waals surface area contributed by atoms with Gasteiger partial charge in [-0.25, -0.2) is 5.48 Å². The zero-order valence-electron chi connectivity index (χ0n) is 5.76. The quantitative estimate of drug-likeness (QED) is 0.631. The molecule has 1 heterocycles. The molecule has 10 heavy (non-hydrogen) atoms. The molecule has 56 valence electrons. The molecule has 3 heteroatoms. The molecular formula is C7H10ClNO. The van der Waals surface area contributed by atoms with E-state index >= 15 is 0 Å². The summed E-state index contributed by atoms with van der Waals surface area (Å²) in [4.78, 5) is 4.78. The van der Waals surface area contributed by atoms with Gasteiger partial charge in [0.25, 0.3) is 0 Å². The van der Waals surface area contributed by atoms with Crippen molar-refractivity contribution in [2.45, 2.75) is 6.92 Å². The predicted molar refractivity (Wildman–Crippen MR) is 43.5 cm³/mol. The van der Waals surface area contributed by atoms with Crippen molar-refractivity contribution in [2.75, 3.05) is 0 Å². The molecule has 0 aromatic carbocycles. The molecule has 0 aromatic heterocycles.